The Morgan fingerprint density at radius 1 is 1.16 bits per heavy atom. The molecule has 166 valence electrons. The van der Waals surface area contributed by atoms with Gasteiger partial charge in [0, 0.05) is 6.42 Å². The number of carbonyl (C=O) groups excluding carboxylic acids is 1. The van der Waals surface area contributed by atoms with Crippen LogP contribution in [0, 0.1) is 16.0 Å². The van der Waals surface area contributed by atoms with Gasteiger partial charge >= 0.3 is 5.69 Å². The summed E-state index contributed by atoms with van der Waals surface area (Å²) in [5.74, 6) is 1.36. The molecule has 0 spiro atoms. The first-order chi connectivity index (χ1) is 14.9. The van der Waals surface area contributed by atoms with Gasteiger partial charge in [0.1, 0.15) is 5.75 Å². The molecule has 1 unspecified atom stereocenters. The third-order valence-corrected chi connectivity index (χ3v) is 4.84. The molecule has 1 heterocycles. The third kappa shape index (κ3) is 5.56. The van der Waals surface area contributed by atoms with Crippen LogP contribution in [-0.2, 0) is 4.79 Å². The normalized spacial score (nSPS) is 13.8. The lowest BCUT2D eigenvalue weighted by molar-refractivity contribution is -0.385. The second-order valence-corrected chi connectivity index (χ2v) is 7.43. The van der Waals surface area contributed by atoms with Gasteiger partial charge in [0.2, 0.25) is 0 Å². The highest BCUT2D eigenvalue weighted by Crippen LogP contribution is 2.34. The molecule has 1 N–H and O–H groups in total. The van der Waals surface area contributed by atoms with E-state index in [1.54, 1.807) is 0 Å². The molecular weight excluding hydrogens is 404 g/mol. The molecule has 31 heavy (non-hydrogen) atoms. The number of nitrogens with one attached hydrogen (secondary N) is 1. The molecule has 9 heteroatoms. The van der Waals surface area contributed by atoms with Crippen molar-refractivity contribution in [3.05, 3.63) is 52.1 Å². The maximum atomic E-state index is 12.6. The van der Waals surface area contributed by atoms with Crippen molar-refractivity contribution in [1.29, 1.82) is 0 Å². The molecule has 3 rings (SSSR count). The number of hydrogen-bond donors (Lipinski definition) is 1. The lowest BCUT2D eigenvalue weighted by atomic mass is 9.95. The van der Waals surface area contributed by atoms with Crippen LogP contribution < -0.4 is 24.3 Å². The maximum Gasteiger partial charge on any atom is 0.314 e. The van der Waals surface area contributed by atoms with E-state index < -0.39 is 10.8 Å². The van der Waals surface area contributed by atoms with Crippen LogP contribution in [0.2, 0.25) is 0 Å². The zero-order valence-electron chi connectivity index (χ0n) is 17.8. The predicted molar refractivity (Wildman–Crippen MR) is 113 cm³/mol. The Bertz CT molecular complexity index is 945. The second-order valence-electron chi connectivity index (χ2n) is 7.43. The molecule has 0 aliphatic carbocycles. The van der Waals surface area contributed by atoms with Gasteiger partial charge in [-0.05, 0) is 35.7 Å². The Balaban J connectivity index is 1.69. The molecule has 2 aromatic rings. The zero-order valence-corrected chi connectivity index (χ0v) is 17.8. The monoisotopic (exact) mass is 430 g/mol. The minimum Gasteiger partial charge on any atom is -0.496 e. The maximum absolute atomic E-state index is 12.6. The van der Waals surface area contributed by atoms with Gasteiger partial charge in [0.05, 0.1) is 37.4 Å². The molecule has 0 bridgehead atoms. The number of rotatable bonds is 8. The summed E-state index contributed by atoms with van der Waals surface area (Å²) in [5.41, 5.74) is 0.610. The van der Waals surface area contributed by atoms with Gasteiger partial charge in [-0.2, -0.15) is 0 Å². The molecule has 1 aliphatic heterocycles. The summed E-state index contributed by atoms with van der Waals surface area (Å²) in [6.45, 7) is 4.79. The number of fused-ring (bicyclic) bond motifs is 1. The molecule has 0 saturated heterocycles. The third-order valence-electron chi connectivity index (χ3n) is 4.84. The number of amides is 1. The van der Waals surface area contributed by atoms with Crippen LogP contribution in [0.3, 0.4) is 0 Å². The first-order valence-electron chi connectivity index (χ1n) is 10.0. The predicted octanol–water partition coefficient (Wildman–Crippen LogP) is 3.66. The van der Waals surface area contributed by atoms with Gasteiger partial charge in [0.25, 0.3) is 5.91 Å². The Hall–Kier alpha value is -3.49. The van der Waals surface area contributed by atoms with E-state index in [4.69, 9.17) is 18.9 Å². The second kappa shape index (κ2) is 10.0. The number of methoxy groups -OCH3 is 1. The number of nitro groups is 1. The van der Waals surface area contributed by atoms with Crippen molar-refractivity contribution in [3.8, 4) is 23.0 Å². The molecule has 2 aromatic carbocycles. The van der Waals surface area contributed by atoms with Gasteiger partial charge < -0.3 is 24.3 Å². The van der Waals surface area contributed by atoms with Crippen molar-refractivity contribution in [2.75, 3.05) is 26.9 Å². The smallest absolute Gasteiger partial charge is 0.314 e. The van der Waals surface area contributed by atoms with E-state index in [0.29, 0.717) is 30.5 Å². The Morgan fingerprint density at radius 3 is 2.58 bits per heavy atom. The van der Waals surface area contributed by atoms with Gasteiger partial charge in [0.15, 0.2) is 23.9 Å². The van der Waals surface area contributed by atoms with Gasteiger partial charge in [-0.3, -0.25) is 14.9 Å². The fourth-order valence-electron chi connectivity index (χ4n) is 3.26. The van der Waals surface area contributed by atoms with Crippen molar-refractivity contribution in [2.24, 2.45) is 5.92 Å². The van der Waals surface area contributed by atoms with E-state index >= 15 is 0 Å². The van der Waals surface area contributed by atoms with Crippen molar-refractivity contribution in [2.45, 2.75) is 26.3 Å². The standard InChI is InChI=1S/C22H26N2O7/c1-14(2)22(15-5-7-19-20(11-15)30-10-4-9-29-19)23-21(25)13-31-18-8-6-16(28-3)12-17(18)24(26)27/h5-8,11-12,14,22H,4,9-10,13H2,1-3H3,(H,23,25). The van der Waals surface area contributed by atoms with Crippen LogP contribution in [0.25, 0.3) is 0 Å². The number of nitro benzene ring substituents is 1. The summed E-state index contributed by atoms with van der Waals surface area (Å²) in [5, 5.41) is 14.2. The van der Waals surface area contributed by atoms with E-state index in [2.05, 4.69) is 5.32 Å². The summed E-state index contributed by atoms with van der Waals surface area (Å²) in [4.78, 5) is 23.3. The summed E-state index contributed by atoms with van der Waals surface area (Å²) < 4.78 is 21.8. The molecule has 0 radical (unpaired) electrons. The molecule has 0 fully saturated rings. The van der Waals surface area contributed by atoms with E-state index in [9.17, 15) is 14.9 Å². The van der Waals surface area contributed by atoms with E-state index in [1.165, 1.54) is 25.3 Å². The highest BCUT2D eigenvalue weighted by molar-refractivity contribution is 5.78. The minimum atomic E-state index is -0.579. The van der Waals surface area contributed by atoms with Crippen molar-refractivity contribution >= 4 is 11.6 Å². The number of nitrogens with zero attached hydrogens (tertiary/aromatic N) is 1. The molecule has 9 nitrogen and oxygen atoms in total. The summed E-state index contributed by atoms with van der Waals surface area (Å²) >= 11 is 0. The fourth-order valence-corrected chi connectivity index (χ4v) is 3.26. The van der Waals surface area contributed by atoms with Crippen LogP contribution in [0.1, 0.15) is 31.9 Å². The summed E-state index contributed by atoms with van der Waals surface area (Å²) in [7, 11) is 1.42. The summed E-state index contributed by atoms with van der Waals surface area (Å²) in [6, 6.07) is 9.52. The van der Waals surface area contributed by atoms with Crippen LogP contribution >= 0.6 is 0 Å². The quantitative estimate of drug-likeness (QED) is 0.503. The van der Waals surface area contributed by atoms with Crippen molar-refractivity contribution < 1.29 is 28.7 Å². The molecule has 1 atom stereocenters. The molecule has 0 saturated carbocycles. The highest BCUT2D eigenvalue weighted by Gasteiger charge is 2.23. The lowest BCUT2D eigenvalue weighted by Gasteiger charge is -2.24. The van der Waals surface area contributed by atoms with Crippen molar-refractivity contribution in [1.82, 2.24) is 5.32 Å². The first kappa shape index (κ1) is 22.2. The van der Waals surface area contributed by atoms with E-state index in [0.717, 1.165) is 12.0 Å². The molecular formula is C22H26N2O7. The van der Waals surface area contributed by atoms with Crippen molar-refractivity contribution in [3.63, 3.8) is 0 Å². The Morgan fingerprint density at radius 2 is 1.90 bits per heavy atom. The highest BCUT2D eigenvalue weighted by atomic mass is 16.6. The van der Waals surface area contributed by atoms with Gasteiger partial charge in [-0.15, -0.1) is 0 Å². The topological polar surface area (TPSA) is 109 Å². The van der Waals surface area contributed by atoms with Crippen LogP contribution in [0.4, 0.5) is 5.69 Å². The SMILES string of the molecule is COc1ccc(OCC(=O)NC(c2ccc3c(c2)OCCCO3)C(C)C)c([N+](=O)[O-])c1. The Labute approximate surface area is 180 Å². The summed E-state index contributed by atoms with van der Waals surface area (Å²) in [6.07, 6.45) is 0.809. The first-order valence-corrected chi connectivity index (χ1v) is 10.0. The Kier molecular flexibility index (Phi) is 7.17. The largest absolute Gasteiger partial charge is 0.496 e. The van der Waals surface area contributed by atoms with Crippen LogP contribution in [0.15, 0.2) is 36.4 Å². The number of ether oxygens (including phenoxy) is 4. The fraction of sp³-hybridized carbons (Fsp3) is 0.409. The van der Waals surface area contributed by atoms with E-state index in [1.807, 2.05) is 32.0 Å². The zero-order chi connectivity index (χ0) is 22.4. The molecule has 0 aromatic heterocycles. The average molecular weight is 430 g/mol. The molecule has 1 amide bonds. The minimum absolute atomic E-state index is 0.00220. The van der Waals surface area contributed by atoms with Gasteiger partial charge in [-0.25, -0.2) is 0 Å². The van der Waals surface area contributed by atoms with Crippen LogP contribution in [-0.4, -0.2) is 37.8 Å². The number of carbonyl (C=O) groups is 1. The van der Waals surface area contributed by atoms with Crippen LogP contribution in [0.5, 0.6) is 23.0 Å². The number of benzene rings is 2. The van der Waals surface area contributed by atoms with Gasteiger partial charge in [-0.1, -0.05) is 19.9 Å². The van der Waals surface area contributed by atoms with E-state index in [-0.39, 0.29) is 30.0 Å². The molecule has 1 aliphatic rings. The lowest BCUT2D eigenvalue weighted by Crippen LogP contribution is -2.35. The average Bonchev–Trinajstić information content (AvgIpc) is 3.00. The number of hydrogen-bond acceptors (Lipinski definition) is 7.